The van der Waals surface area contributed by atoms with Gasteiger partial charge in [0.25, 0.3) is 0 Å². The van der Waals surface area contributed by atoms with Crippen LogP contribution in [0.1, 0.15) is 24.0 Å². The van der Waals surface area contributed by atoms with Crippen molar-refractivity contribution >= 4 is 35.0 Å². The zero-order chi connectivity index (χ0) is 17.1. The summed E-state index contributed by atoms with van der Waals surface area (Å²) >= 11 is 14.1. The summed E-state index contributed by atoms with van der Waals surface area (Å²) in [4.78, 5) is 0. The van der Waals surface area contributed by atoms with Crippen LogP contribution in [0.25, 0.3) is 0 Å². The molecule has 126 valence electrons. The molecule has 0 N–H and O–H groups in total. The Balaban J connectivity index is 1.78. The molecular weight excluding hydrogens is 363 g/mol. The van der Waals surface area contributed by atoms with Gasteiger partial charge in [-0.15, -0.1) is 10.2 Å². The lowest BCUT2D eigenvalue weighted by molar-refractivity contribution is 0.645. The molecule has 1 aromatic carbocycles. The summed E-state index contributed by atoms with van der Waals surface area (Å²) in [7, 11) is 2.04. The largest absolute Gasteiger partial charge is 0.354 e. The van der Waals surface area contributed by atoms with Crippen molar-refractivity contribution in [1.29, 1.82) is 0 Å². The lowest BCUT2D eigenvalue weighted by atomic mass is 10.2. The van der Waals surface area contributed by atoms with E-state index in [1.807, 2.05) is 37.5 Å². The standard InChI is InChI=1S/C17H18Cl2N4S/c1-3-23-16(10-12-6-5-9-22(12)2)20-21-17(23)24-11-13-14(18)7-4-8-15(13)19/h4-9H,3,10-11H2,1-2H3. The van der Waals surface area contributed by atoms with E-state index in [2.05, 4.69) is 32.3 Å². The van der Waals surface area contributed by atoms with Crippen LogP contribution >= 0.6 is 35.0 Å². The summed E-state index contributed by atoms with van der Waals surface area (Å²) < 4.78 is 4.24. The number of hydrogen-bond acceptors (Lipinski definition) is 3. The van der Waals surface area contributed by atoms with Gasteiger partial charge in [0.05, 0.1) is 0 Å². The third kappa shape index (κ3) is 3.63. The maximum absolute atomic E-state index is 6.24. The molecule has 0 radical (unpaired) electrons. The Morgan fingerprint density at radius 1 is 1.08 bits per heavy atom. The van der Waals surface area contributed by atoms with Crippen LogP contribution in [0.2, 0.25) is 10.0 Å². The predicted octanol–water partition coefficient (Wildman–Crippen LogP) is 4.83. The summed E-state index contributed by atoms with van der Waals surface area (Å²) in [5.74, 6) is 1.63. The normalized spacial score (nSPS) is 11.2. The van der Waals surface area contributed by atoms with Gasteiger partial charge in [-0.1, -0.05) is 41.0 Å². The monoisotopic (exact) mass is 380 g/mol. The van der Waals surface area contributed by atoms with Gasteiger partial charge in [-0.25, -0.2) is 0 Å². The van der Waals surface area contributed by atoms with Crippen LogP contribution in [0.4, 0.5) is 0 Å². The first-order valence-electron chi connectivity index (χ1n) is 7.68. The van der Waals surface area contributed by atoms with Crippen molar-refractivity contribution in [1.82, 2.24) is 19.3 Å². The van der Waals surface area contributed by atoms with E-state index in [4.69, 9.17) is 23.2 Å². The van der Waals surface area contributed by atoms with Crippen LogP contribution in [-0.4, -0.2) is 19.3 Å². The highest BCUT2D eigenvalue weighted by Crippen LogP contribution is 2.31. The van der Waals surface area contributed by atoms with E-state index >= 15 is 0 Å². The van der Waals surface area contributed by atoms with Crippen molar-refractivity contribution in [2.75, 3.05) is 0 Å². The zero-order valence-corrected chi connectivity index (χ0v) is 15.9. The van der Waals surface area contributed by atoms with Crippen molar-refractivity contribution in [3.63, 3.8) is 0 Å². The summed E-state index contributed by atoms with van der Waals surface area (Å²) in [6.07, 6.45) is 2.80. The molecule has 0 aliphatic rings. The number of thioether (sulfide) groups is 1. The lowest BCUT2D eigenvalue weighted by Crippen LogP contribution is -2.06. The number of nitrogens with zero attached hydrogens (tertiary/aromatic N) is 4. The molecule has 0 saturated heterocycles. The number of rotatable bonds is 6. The smallest absolute Gasteiger partial charge is 0.191 e. The molecule has 0 spiro atoms. The molecule has 0 aliphatic heterocycles. The summed E-state index contributed by atoms with van der Waals surface area (Å²) in [6.45, 7) is 2.93. The Kier molecular flexibility index (Phi) is 5.54. The molecule has 24 heavy (non-hydrogen) atoms. The van der Waals surface area contributed by atoms with Crippen LogP contribution < -0.4 is 0 Å². The second kappa shape index (κ2) is 7.64. The van der Waals surface area contributed by atoms with Crippen molar-refractivity contribution in [2.24, 2.45) is 7.05 Å². The first-order valence-corrected chi connectivity index (χ1v) is 9.42. The van der Waals surface area contributed by atoms with E-state index in [1.54, 1.807) is 11.8 Å². The van der Waals surface area contributed by atoms with Gasteiger partial charge >= 0.3 is 0 Å². The van der Waals surface area contributed by atoms with E-state index in [0.717, 1.165) is 29.5 Å². The zero-order valence-electron chi connectivity index (χ0n) is 13.5. The minimum atomic E-state index is 0.667. The number of benzene rings is 1. The topological polar surface area (TPSA) is 35.6 Å². The molecule has 0 aliphatic carbocycles. The van der Waals surface area contributed by atoms with Crippen LogP contribution in [0.3, 0.4) is 0 Å². The molecule has 0 bridgehead atoms. The lowest BCUT2D eigenvalue weighted by Gasteiger charge is -2.09. The Hall–Kier alpha value is -1.43. The Labute approximate surface area is 155 Å². The first-order chi connectivity index (χ1) is 11.6. The fourth-order valence-electron chi connectivity index (χ4n) is 2.52. The number of aromatic nitrogens is 4. The average Bonchev–Trinajstić information content (AvgIpc) is 3.14. The Bertz CT molecular complexity index is 821. The fourth-order valence-corrected chi connectivity index (χ4v) is 4.29. The first kappa shape index (κ1) is 17.4. The van der Waals surface area contributed by atoms with E-state index in [1.165, 1.54) is 5.69 Å². The molecule has 3 rings (SSSR count). The van der Waals surface area contributed by atoms with Crippen molar-refractivity contribution in [2.45, 2.75) is 30.8 Å². The molecule has 2 heterocycles. The van der Waals surface area contributed by atoms with Crippen molar-refractivity contribution in [3.05, 3.63) is 63.7 Å². The minimum absolute atomic E-state index is 0.667. The minimum Gasteiger partial charge on any atom is -0.354 e. The number of halogens is 2. The fraction of sp³-hybridized carbons (Fsp3) is 0.294. The third-order valence-corrected chi connectivity index (χ3v) is 5.61. The van der Waals surface area contributed by atoms with Gasteiger partial charge < -0.3 is 9.13 Å². The molecule has 2 aromatic heterocycles. The van der Waals surface area contributed by atoms with Gasteiger partial charge in [0.15, 0.2) is 5.16 Å². The second-order valence-corrected chi connectivity index (χ2v) is 7.18. The molecule has 7 heteroatoms. The van der Waals surface area contributed by atoms with Crippen molar-refractivity contribution in [3.8, 4) is 0 Å². The van der Waals surface area contributed by atoms with E-state index in [0.29, 0.717) is 15.8 Å². The summed E-state index contributed by atoms with van der Waals surface area (Å²) in [5, 5.41) is 11.0. The molecule has 0 fully saturated rings. The maximum atomic E-state index is 6.24. The highest BCUT2D eigenvalue weighted by Gasteiger charge is 2.14. The molecule has 0 amide bonds. The Morgan fingerprint density at radius 2 is 1.83 bits per heavy atom. The van der Waals surface area contributed by atoms with E-state index in [-0.39, 0.29) is 0 Å². The molecule has 0 atom stereocenters. The van der Waals surface area contributed by atoms with Gasteiger partial charge in [0.1, 0.15) is 5.82 Å². The third-order valence-electron chi connectivity index (χ3n) is 3.91. The second-order valence-electron chi connectivity index (χ2n) is 5.42. The average molecular weight is 381 g/mol. The summed E-state index contributed by atoms with van der Waals surface area (Å²) in [5.41, 5.74) is 2.14. The molecule has 0 unspecified atom stereocenters. The van der Waals surface area contributed by atoms with Gasteiger partial charge in [0.2, 0.25) is 0 Å². The quantitative estimate of drug-likeness (QED) is 0.574. The molecule has 3 aromatic rings. The highest BCUT2D eigenvalue weighted by molar-refractivity contribution is 7.98. The number of aryl methyl sites for hydroxylation is 1. The van der Waals surface area contributed by atoms with E-state index in [9.17, 15) is 0 Å². The molecule has 4 nitrogen and oxygen atoms in total. The maximum Gasteiger partial charge on any atom is 0.191 e. The van der Waals surface area contributed by atoms with Crippen LogP contribution in [0.15, 0.2) is 41.7 Å². The predicted molar refractivity (Wildman–Crippen MR) is 99.9 cm³/mol. The number of hydrogen-bond donors (Lipinski definition) is 0. The Morgan fingerprint density at radius 3 is 2.46 bits per heavy atom. The molecular formula is C17H18Cl2N4S. The SMILES string of the molecule is CCn1c(Cc2cccn2C)nnc1SCc1c(Cl)cccc1Cl. The van der Waals surface area contributed by atoms with E-state index < -0.39 is 0 Å². The highest BCUT2D eigenvalue weighted by atomic mass is 35.5. The summed E-state index contributed by atoms with van der Waals surface area (Å²) in [6, 6.07) is 9.71. The van der Waals surface area contributed by atoms with Gasteiger partial charge in [-0.2, -0.15) is 0 Å². The van der Waals surface area contributed by atoms with Crippen molar-refractivity contribution < 1.29 is 0 Å². The molecule has 0 saturated carbocycles. The van der Waals surface area contributed by atoms with Crippen LogP contribution in [-0.2, 0) is 25.8 Å². The van der Waals surface area contributed by atoms with Gasteiger partial charge in [-0.3, -0.25) is 0 Å². The van der Waals surface area contributed by atoms with Crippen LogP contribution in [0.5, 0.6) is 0 Å². The van der Waals surface area contributed by atoms with Gasteiger partial charge in [-0.05, 0) is 36.8 Å². The van der Waals surface area contributed by atoms with Crippen LogP contribution in [0, 0.1) is 0 Å². The van der Waals surface area contributed by atoms with Gasteiger partial charge in [0, 0.05) is 47.7 Å².